The number of hydrogen-bond acceptors (Lipinski definition) is 6. The first kappa shape index (κ1) is 46.3. The molecule has 0 aromatic heterocycles. The molecular formula is C51H74N2O4. The third-order valence-electron chi connectivity index (χ3n) is 12.2. The van der Waals surface area contributed by atoms with Gasteiger partial charge in [-0.2, -0.15) is 0 Å². The second-order valence-corrected chi connectivity index (χ2v) is 16.8. The highest BCUT2D eigenvalue weighted by Gasteiger charge is 2.45. The second-order valence-electron chi connectivity index (χ2n) is 16.8. The predicted octanol–water partition coefficient (Wildman–Crippen LogP) is 9.88. The van der Waals surface area contributed by atoms with Crippen LogP contribution in [0.25, 0.3) is 22.3 Å². The lowest BCUT2D eigenvalue weighted by Gasteiger charge is -2.42. The zero-order valence-corrected chi connectivity index (χ0v) is 35.2. The monoisotopic (exact) mass is 779 g/mol. The molecule has 0 bridgehead atoms. The summed E-state index contributed by atoms with van der Waals surface area (Å²) in [5.74, 6) is 0. The Morgan fingerprint density at radius 2 is 0.632 bits per heavy atom. The van der Waals surface area contributed by atoms with Gasteiger partial charge in [-0.05, 0) is 109 Å². The van der Waals surface area contributed by atoms with Crippen molar-refractivity contribution in [3.8, 4) is 22.3 Å². The molecule has 312 valence electrons. The van der Waals surface area contributed by atoms with Crippen LogP contribution in [0.2, 0.25) is 0 Å². The topological polar surface area (TPSA) is 133 Å². The number of aliphatic hydroxyl groups excluding tert-OH is 4. The second kappa shape index (κ2) is 24.5. The summed E-state index contributed by atoms with van der Waals surface area (Å²) in [5, 5.41) is 43.1. The Balaban J connectivity index is 1.18. The third kappa shape index (κ3) is 14.8. The highest BCUT2D eigenvalue weighted by atomic mass is 16.3. The minimum Gasteiger partial charge on any atom is -0.394 e. The molecule has 0 spiro atoms. The van der Waals surface area contributed by atoms with Crippen LogP contribution in [-0.4, -0.2) is 56.9 Å². The van der Waals surface area contributed by atoms with E-state index in [2.05, 4.69) is 111 Å². The van der Waals surface area contributed by atoms with Gasteiger partial charge in [0.05, 0.1) is 24.3 Å². The molecule has 0 aliphatic rings. The van der Waals surface area contributed by atoms with E-state index < -0.39 is 36.5 Å². The zero-order chi connectivity index (χ0) is 40.9. The van der Waals surface area contributed by atoms with Crippen LogP contribution in [0.15, 0.2) is 97.1 Å². The largest absolute Gasteiger partial charge is 0.394 e. The fraction of sp³-hybridized carbons (Fsp3) is 0.529. The van der Waals surface area contributed by atoms with Crippen LogP contribution < -0.4 is 11.5 Å². The molecule has 8 N–H and O–H groups in total. The average Bonchev–Trinajstić information content (AvgIpc) is 3.25. The van der Waals surface area contributed by atoms with Crippen molar-refractivity contribution < 1.29 is 20.4 Å². The van der Waals surface area contributed by atoms with Gasteiger partial charge >= 0.3 is 0 Å². The van der Waals surface area contributed by atoms with E-state index >= 15 is 0 Å². The number of rotatable bonds is 28. The van der Waals surface area contributed by atoms with Crippen molar-refractivity contribution >= 4 is 0 Å². The summed E-state index contributed by atoms with van der Waals surface area (Å²) in [6, 6.07) is 35.1. The van der Waals surface area contributed by atoms with E-state index in [1.54, 1.807) is 0 Å². The van der Waals surface area contributed by atoms with Crippen LogP contribution >= 0.6 is 0 Å². The number of unbranched alkanes of at least 4 members (excludes halogenated alkanes) is 9. The molecule has 0 aliphatic heterocycles. The van der Waals surface area contributed by atoms with E-state index in [4.69, 9.17) is 11.5 Å². The molecule has 0 saturated carbocycles. The molecule has 0 saturated heterocycles. The molecule has 6 heteroatoms. The van der Waals surface area contributed by atoms with Gasteiger partial charge in [0, 0.05) is 0 Å². The summed E-state index contributed by atoms with van der Waals surface area (Å²) in [6.07, 6.45) is 16.1. The Bertz CT molecular complexity index is 1660. The maximum Gasteiger partial charge on any atom is 0.102 e. The van der Waals surface area contributed by atoms with Gasteiger partial charge < -0.3 is 31.9 Å². The van der Waals surface area contributed by atoms with Crippen LogP contribution in [-0.2, 0) is 25.7 Å². The van der Waals surface area contributed by atoms with E-state index in [1.807, 2.05) is 0 Å². The summed E-state index contributed by atoms with van der Waals surface area (Å²) in [4.78, 5) is 0. The lowest BCUT2D eigenvalue weighted by molar-refractivity contribution is -0.0927. The maximum absolute atomic E-state index is 11.2. The first-order chi connectivity index (χ1) is 27.6. The van der Waals surface area contributed by atoms with E-state index in [1.165, 1.54) is 102 Å². The summed E-state index contributed by atoms with van der Waals surface area (Å²) >= 11 is 0. The van der Waals surface area contributed by atoms with Crippen LogP contribution in [0.5, 0.6) is 0 Å². The summed E-state index contributed by atoms with van der Waals surface area (Å²) in [7, 11) is 0. The first-order valence-electron chi connectivity index (χ1n) is 22.2. The summed E-state index contributed by atoms with van der Waals surface area (Å²) in [6.45, 7) is 3.48. The van der Waals surface area contributed by atoms with Crippen LogP contribution in [0, 0.1) is 0 Å². The molecule has 0 fully saturated rings. The smallest absolute Gasteiger partial charge is 0.102 e. The van der Waals surface area contributed by atoms with Crippen LogP contribution in [0.1, 0.15) is 132 Å². The molecule has 6 nitrogen and oxygen atoms in total. The van der Waals surface area contributed by atoms with Crippen molar-refractivity contribution in [1.82, 2.24) is 0 Å². The number of aryl methyl sites for hydroxylation is 4. The molecule has 4 aromatic rings. The highest BCUT2D eigenvalue weighted by Crippen LogP contribution is 2.28. The van der Waals surface area contributed by atoms with Crippen molar-refractivity contribution in [2.75, 3.05) is 13.2 Å². The molecule has 0 radical (unpaired) electrons. The minimum absolute atomic E-state index is 0.311. The number of benzene rings is 4. The van der Waals surface area contributed by atoms with Crippen molar-refractivity contribution in [1.29, 1.82) is 0 Å². The van der Waals surface area contributed by atoms with E-state index in [0.29, 0.717) is 25.7 Å². The van der Waals surface area contributed by atoms with Crippen molar-refractivity contribution in [2.24, 2.45) is 11.5 Å². The average molecular weight is 779 g/mol. The molecule has 0 aliphatic carbocycles. The van der Waals surface area contributed by atoms with Gasteiger partial charge in [-0.25, -0.2) is 0 Å². The van der Waals surface area contributed by atoms with Crippen molar-refractivity contribution in [2.45, 2.75) is 159 Å². The molecule has 4 atom stereocenters. The van der Waals surface area contributed by atoms with Crippen LogP contribution in [0.3, 0.4) is 0 Å². The standard InChI is InChI=1S/C51H74N2O4/c1-3-5-7-8-9-11-17-41-22-30-45(31-23-41)47-34-26-43(27-35-47)19-13-15-37-51(53,39-55)49(57)48(56)50(52,38-54)36-14-12-18-42-24-32-46(33-25-42)44-28-20-40(21-29-44)16-10-6-4-2/h20-35,48-49,54-57H,3-19,36-39,52-53H2,1-2H3. The Morgan fingerprint density at radius 3 is 0.930 bits per heavy atom. The number of nitrogens with two attached hydrogens (primary N) is 2. The Kier molecular flexibility index (Phi) is 19.9. The number of aliphatic hydroxyl groups is 4. The van der Waals surface area contributed by atoms with Gasteiger partial charge in [-0.3, -0.25) is 0 Å². The van der Waals surface area contributed by atoms with Crippen molar-refractivity contribution in [3.63, 3.8) is 0 Å². The molecule has 57 heavy (non-hydrogen) atoms. The summed E-state index contributed by atoms with van der Waals surface area (Å²) < 4.78 is 0. The van der Waals surface area contributed by atoms with Crippen molar-refractivity contribution in [3.05, 3.63) is 119 Å². The number of hydrogen-bond donors (Lipinski definition) is 6. The SMILES string of the molecule is CCCCCCCCc1ccc(-c2ccc(CCCCC(N)(CO)C(O)C(O)C(N)(CO)CCCCc3ccc(-c4ccc(CCCCC)cc4)cc3)cc2)cc1. The lowest BCUT2D eigenvalue weighted by atomic mass is 9.77. The zero-order valence-electron chi connectivity index (χ0n) is 35.2. The van der Waals surface area contributed by atoms with Gasteiger partial charge in [-0.1, -0.05) is 169 Å². The highest BCUT2D eigenvalue weighted by molar-refractivity contribution is 5.65. The molecule has 4 aromatic carbocycles. The third-order valence-corrected chi connectivity index (χ3v) is 12.2. The van der Waals surface area contributed by atoms with Gasteiger partial charge in [0.2, 0.25) is 0 Å². The predicted molar refractivity (Wildman–Crippen MR) is 239 cm³/mol. The molecule has 0 amide bonds. The van der Waals surface area contributed by atoms with E-state index in [-0.39, 0.29) is 0 Å². The Morgan fingerprint density at radius 1 is 0.386 bits per heavy atom. The lowest BCUT2D eigenvalue weighted by Crippen LogP contribution is -2.67. The van der Waals surface area contributed by atoms with Crippen LogP contribution in [0.4, 0.5) is 0 Å². The molecule has 4 rings (SSSR count). The van der Waals surface area contributed by atoms with E-state index in [9.17, 15) is 20.4 Å². The maximum atomic E-state index is 11.2. The first-order valence-corrected chi connectivity index (χ1v) is 22.2. The normalized spacial score (nSPS) is 14.9. The molecular weight excluding hydrogens is 705 g/mol. The quantitative estimate of drug-likeness (QED) is 0.0318. The van der Waals surface area contributed by atoms with Gasteiger partial charge in [-0.15, -0.1) is 0 Å². The van der Waals surface area contributed by atoms with Gasteiger partial charge in [0.1, 0.15) is 12.2 Å². The minimum atomic E-state index is -1.49. The van der Waals surface area contributed by atoms with Gasteiger partial charge in [0.15, 0.2) is 0 Å². The molecule has 0 heterocycles. The fourth-order valence-electron chi connectivity index (χ4n) is 7.98. The summed E-state index contributed by atoms with van der Waals surface area (Å²) in [5.41, 5.74) is 20.2. The Labute approximate surface area is 344 Å². The molecule has 4 unspecified atom stereocenters. The van der Waals surface area contributed by atoms with Gasteiger partial charge in [0.25, 0.3) is 0 Å². The Hall–Kier alpha value is -3.36. The fourth-order valence-corrected chi connectivity index (χ4v) is 7.98. The van der Waals surface area contributed by atoms with E-state index in [0.717, 1.165) is 38.5 Å².